The van der Waals surface area contributed by atoms with E-state index in [1.165, 1.54) is 37.8 Å². The molecule has 140 heavy (non-hydrogen) atoms. The number of benzene rings is 13. The predicted molar refractivity (Wildman–Crippen MR) is 570 cm³/mol. The Morgan fingerprint density at radius 1 is 0.257 bits per heavy atom. The minimum Gasteiger partial charge on any atom is -0.477 e. The molecule has 3 radical (unpaired) electrons. The molecule has 0 saturated heterocycles. The van der Waals surface area contributed by atoms with Gasteiger partial charge in [0.05, 0.1) is 41.0 Å². The average molecular weight is 2410 g/mol. The quantitative estimate of drug-likeness (QED) is 0.0671. The fourth-order valence-corrected chi connectivity index (χ4v) is 21.1. The zero-order chi connectivity index (χ0) is 95.1. The van der Waals surface area contributed by atoms with Gasteiger partial charge in [0.1, 0.15) is 34.0 Å². The van der Waals surface area contributed by atoms with Crippen LogP contribution in [0.25, 0.3) is 144 Å². The second kappa shape index (κ2) is 46.3. The van der Waals surface area contributed by atoms with Crippen molar-refractivity contribution >= 4 is 106 Å². The number of aryl methyl sites for hydroxylation is 1. The van der Waals surface area contributed by atoms with Crippen molar-refractivity contribution in [3.05, 3.63) is 443 Å². The fraction of sp³-hybridized carbons (Fsp3) is 0.115. The van der Waals surface area contributed by atoms with Crippen LogP contribution in [0.2, 0.25) is 58.9 Å². The molecule has 0 atom stereocenters. The molecule has 703 valence electrons. The number of hydrogen-bond donors (Lipinski definition) is 0. The van der Waals surface area contributed by atoms with Crippen LogP contribution in [0.15, 0.2) is 408 Å². The first-order chi connectivity index (χ1) is 66.3. The van der Waals surface area contributed by atoms with Gasteiger partial charge in [-0.1, -0.05) is 314 Å². The van der Waals surface area contributed by atoms with Gasteiger partial charge in [-0.05, 0) is 168 Å². The molecule has 0 aliphatic rings. The van der Waals surface area contributed by atoms with Gasteiger partial charge in [0, 0.05) is 115 Å². The maximum atomic E-state index is 5.99. The van der Waals surface area contributed by atoms with Crippen molar-refractivity contribution in [3.63, 3.8) is 0 Å². The smallest absolute Gasteiger partial charge is 0.124 e. The Bertz CT molecular complexity index is 7520. The van der Waals surface area contributed by atoms with Gasteiger partial charge in [-0.3, -0.25) is 0 Å². The van der Waals surface area contributed by atoms with E-state index in [1.54, 1.807) is 18.6 Å². The van der Waals surface area contributed by atoms with Crippen molar-refractivity contribution in [2.24, 2.45) is 0 Å². The molecule has 13 aromatic carbocycles. The van der Waals surface area contributed by atoms with Gasteiger partial charge in [-0.15, -0.1) is 143 Å². The van der Waals surface area contributed by atoms with Crippen molar-refractivity contribution in [2.45, 2.75) is 92.0 Å². The normalized spacial score (nSPS) is 11.2. The number of para-hydroxylation sites is 6. The SMILES string of the molecule is CC(C)(C)c1cc(-c2[c-]ccc(Oc3ccccc3)c2)ncc1[Si](C)(C)C.C[Si](C)(C)c1cnc(-c2[c-]ccc(Oc3ccccc3)c2)cc1-c1ccccc1.Cc1cc(-c2[c-]ccc(Oc3ccccc3)c2)ncc1[Si](C)(C)C.[Ir].[Ir].[Ir].[c-]1cc2c(cc1-c1ccccn1)oc1ccccc12.[c-]1cc2c(cc1-c1ccccn1)oc1ccccc12.[c-]1cc2c(cc1-c1ccccn1)oc1ccccc12. The van der Waals surface area contributed by atoms with Crippen LogP contribution in [0.3, 0.4) is 0 Å². The molecule has 22 aromatic rings. The number of nitrogens with zero attached hydrogens (tertiary/aromatic N) is 6. The van der Waals surface area contributed by atoms with Gasteiger partial charge in [-0.25, -0.2) is 0 Å². The molecule has 22 rings (SSSR count). The summed E-state index contributed by atoms with van der Waals surface area (Å²) in [6.45, 7) is 30.2. The maximum Gasteiger partial charge on any atom is 0.124 e. The summed E-state index contributed by atoms with van der Waals surface area (Å²) in [5.74, 6) is 4.84. The summed E-state index contributed by atoms with van der Waals surface area (Å²) in [5, 5.41) is 10.9. The largest absolute Gasteiger partial charge is 0.477 e. The third kappa shape index (κ3) is 25.6. The van der Waals surface area contributed by atoms with Crippen LogP contribution in [-0.4, -0.2) is 54.1 Å². The van der Waals surface area contributed by atoms with Crippen molar-refractivity contribution < 1.29 is 87.8 Å². The van der Waals surface area contributed by atoms with Gasteiger partial charge in [0.2, 0.25) is 0 Å². The summed E-state index contributed by atoms with van der Waals surface area (Å²) >= 11 is 0. The molecule has 0 fully saturated rings. The standard InChI is InChI=1S/C26H24NOSi.C24H28NOSi.C21H22NOSi.3C17H10NO.3Ir/c1-29(2,3)26-19-27-25(18-24(26)20-11-6-4-7-12-20)21-13-10-16-23(17-21)28-22-14-8-5-9-15-22;1-24(2,3)21-16-22(25-17-23(21)27(4,5)6)18-11-10-14-20(15-18)26-19-12-8-7-9-13-19;1-16-13-20(22-15-21(16)24(2,3)4)17-9-8-12-19(14-17)23-18-10-6-5-7-11-18;3*1-2-7-16-13(5-1)14-9-8-12(11-17(14)19-16)15-6-3-4-10-18-15;;;/h4-12,14-19H,1-3H3;7-10,12-17H,1-6H3;5-8,10-15H,1-4H3;3*1-7,9-11H;;;/q6*-1;;;. The monoisotopic (exact) mass is 2410 g/mol. The Kier molecular flexibility index (Phi) is 33.7. The Morgan fingerprint density at radius 3 is 0.886 bits per heavy atom. The van der Waals surface area contributed by atoms with E-state index in [4.69, 9.17) is 37.4 Å². The first-order valence-electron chi connectivity index (χ1n) is 45.9. The van der Waals surface area contributed by atoms with Gasteiger partial charge >= 0.3 is 0 Å². The Hall–Kier alpha value is -13.8. The second-order valence-electron chi connectivity index (χ2n) is 37.4. The number of ether oxygens (including phenoxy) is 3. The van der Waals surface area contributed by atoms with E-state index < -0.39 is 24.2 Å². The molecule has 9 heterocycles. The van der Waals surface area contributed by atoms with E-state index in [9.17, 15) is 0 Å². The van der Waals surface area contributed by atoms with Crippen LogP contribution < -0.4 is 29.8 Å². The van der Waals surface area contributed by atoms with E-state index >= 15 is 0 Å². The van der Waals surface area contributed by atoms with E-state index in [2.05, 4.69) is 222 Å². The summed E-state index contributed by atoms with van der Waals surface area (Å²) in [4.78, 5) is 27.3. The summed E-state index contributed by atoms with van der Waals surface area (Å²) in [6, 6.07) is 137. The van der Waals surface area contributed by atoms with Crippen molar-refractivity contribution in [1.29, 1.82) is 0 Å². The summed E-state index contributed by atoms with van der Waals surface area (Å²) < 4.78 is 35.5. The molecule has 18 heteroatoms. The molecule has 0 bridgehead atoms. The zero-order valence-corrected chi connectivity index (χ0v) is 90.3. The van der Waals surface area contributed by atoms with Crippen molar-refractivity contribution in [3.8, 4) is 113 Å². The Morgan fingerprint density at radius 2 is 0.557 bits per heavy atom. The summed E-state index contributed by atoms with van der Waals surface area (Å²) in [5.41, 5.74) is 21.8. The van der Waals surface area contributed by atoms with Crippen LogP contribution in [-0.2, 0) is 65.7 Å². The van der Waals surface area contributed by atoms with Crippen molar-refractivity contribution in [2.75, 3.05) is 0 Å². The molecular formula is C122H104Ir3N6O6Si3-6. The number of rotatable bonds is 16. The van der Waals surface area contributed by atoms with E-state index in [0.29, 0.717) is 0 Å². The maximum absolute atomic E-state index is 5.99. The van der Waals surface area contributed by atoms with Crippen LogP contribution in [0, 0.1) is 43.3 Å². The second-order valence-corrected chi connectivity index (χ2v) is 52.5. The van der Waals surface area contributed by atoms with E-state index in [1.807, 2.05) is 297 Å². The van der Waals surface area contributed by atoms with Crippen LogP contribution in [0.5, 0.6) is 34.5 Å². The topological polar surface area (TPSA) is 144 Å². The third-order valence-electron chi connectivity index (χ3n) is 23.1. The summed E-state index contributed by atoms with van der Waals surface area (Å²) in [6.07, 6.45) is 11.5. The Labute approximate surface area is 863 Å². The molecular weight excluding hydrogens is 2310 g/mol. The molecule has 0 amide bonds. The molecule has 0 aliphatic carbocycles. The van der Waals surface area contributed by atoms with E-state index in [0.717, 1.165) is 168 Å². The number of furan rings is 3. The Balaban J connectivity index is 0.000000134. The first kappa shape index (κ1) is 102. The number of aromatic nitrogens is 6. The first-order valence-corrected chi connectivity index (χ1v) is 56.4. The molecule has 0 saturated carbocycles. The van der Waals surface area contributed by atoms with Crippen molar-refractivity contribution in [1.82, 2.24) is 29.9 Å². The fourth-order valence-electron chi connectivity index (χ4n) is 16.2. The molecule has 12 nitrogen and oxygen atoms in total. The number of pyridine rings is 6. The van der Waals surface area contributed by atoms with E-state index in [-0.39, 0.29) is 65.7 Å². The van der Waals surface area contributed by atoms with Gasteiger partial charge < -0.3 is 57.4 Å². The van der Waals surface area contributed by atoms with Gasteiger partial charge in [0.15, 0.2) is 0 Å². The molecule has 9 aromatic heterocycles. The minimum absolute atomic E-state index is 0. The number of fused-ring (bicyclic) bond motifs is 9. The van der Waals surface area contributed by atoms with Crippen LogP contribution in [0.1, 0.15) is 31.9 Å². The average Bonchev–Trinajstić information content (AvgIpc) is 1.75. The minimum atomic E-state index is -1.54. The molecule has 0 unspecified atom stereocenters. The molecule has 0 spiro atoms. The van der Waals surface area contributed by atoms with Gasteiger partial charge in [-0.2, -0.15) is 0 Å². The predicted octanol–water partition coefficient (Wildman–Crippen LogP) is 31.3. The van der Waals surface area contributed by atoms with Gasteiger partial charge in [0.25, 0.3) is 0 Å². The summed E-state index contributed by atoms with van der Waals surface area (Å²) in [7, 11) is -4.38. The van der Waals surface area contributed by atoms with Crippen LogP contribution >= 0.6 is 0 Å². The molecule has 0 aliphatic heterocycles. The molecule has 0 N–H and O–H groups in total. The zero-order valence-electron chi connectivity index (χ0n) is 80.2. The van der Waals surface area contributed by atoms with Crippen LogP contribution in [0.4, 0.5) is 0 Å². The number of hydrogen-bond acceptors (Lipinski definition) is 12. The third-order valence-corrected chi connectivity index (χ3v) is 29.2.